The van der Waals surface area contributed by atoms with Gasteiger partial charge in [0.2, 0.25) is 5.91 Å². The van der Waals surface area contributed by atoms with E-state index >= 15 is 0 Å². The van der Waals surface area contributed by atoms with Crippen molar-refractivity contribution in [3.05, 3.63) is 0 Å². The normalized spacial score (nSPS) is 30.3. The van der Waals surface area contributed by atoms with Crippen LogP contribution in [0.15, 0.2) is 0 Å². The molecule has 3 aliphatic rings. The molecule has 1 unspecified atom stereocenters. The smallest absolute Gasteiger partial charge is 0.239 e. The van der Waals surface area contributed by atoms with Crippen molar-refractivity contribution in [1.82, 2.24) is 15.1 Å². The van der Waals surface area contributed by atoms with E-state index < -0.39 is 0 Å². The zero-order valence-corrected chi connectivity index (χ0v) is 12.1. The lowest BCUT2D eigenvalue weighted by Gasteiger charge is -2.33. The molecule has 0 radical (unpaired) electrons. The lowest BCUT2D eigenvalue weighted by atomic mass is 9.96. The minimum Gasteiger partial charge on any atom is -0.341 e. The molecular weight excluding hydrogens is 238 g/mol. The number of nitrogens with zero attached hydrogens (tertiary/aromatic N) is 2. The first-order valence-corrected chi connectivity index (χ1v) is 8.03. The number of hydrogen-bond acceptors (Lipinski definition) is 3. The van der Waals surface area contributed by atoms with Gasteiger partial charge in [0.1, 0.15) is 0 Å². The largest absolute Gasteiger partial charge is 0.341 e. The summed E-state index contributed by atoms with van der Waals surface area (Å²) in [5.41, 5.74) is 0. The maximum Gasteiger partial charge on any atom is 0.239 e. The number of rotatable bonds is 5. The summed E-state index contributed by atoms with van der Waals surface area (Å²) < 4.78 is 0. The molecule has 4 nitrogen and oxygen atoms in total. The summed E-state index contributed by atoms with van der Waals surface area (Å²) in [6.07, 6.45) is 6.07. The third-order valence-corrected chi connectivity index (χ3v) is 4.94. The van der Waals surface area contributed by atoms with Crippen molar-refractivity contribution in [2.24, 2.45) is 5.92 Å². The van der Waals surface area contributed by atoms with Gasteiger partial charge in [0.05, 0.1) is 6.04 Å². The number of piperidine rings is 1. The summed E-state index contributed by atoms with van der Waals surface area (Å²) in [5, 5.41) is 3.49. The molecule has 1 amide bonds. The Morgan fingerprint density at radius 1 is 1.11 bits per heavy atom. The summed E-state index contributed by atoms with van der Waals surface area (Å²) in [5.74, 6) is 1.09. The van der Waals surface area contributed by atoms with Gasteiger partial charge in [-0.1, -0.05) is 6.92 Å². The van der Waals surface area contributed by atoms with E-state index in [1.54, 1.807) is 0 Å². The second kappa shape index (κ2) is 5.80. The highest BCUT2D eigenvalue weighted by atomic mass is 16.2. The van der Waals surface area contributed by atoms with Crippen LogP contribution in [0, 0.1) is 5.92 Å². The Kier molecular flexibility index (Phi) is 4.08. The highest BCUT2D eigenvalue weighted by molar-refractivity contribution is 5.84. The Labute approximate surface area is 116 Å². The number of carbonyl (C=O) groups excluding carboxylic acids is 1. The summed E-state index contributed by atoms with van der Waals surface area (Å²) in [6.45, 7) is 7.80. The van der Waals surface area contributed by atoms with E-state index in [2.05, 4.69) is 22.0 Å². The van der Waals surface area contributed by atoms with Crippen LogP contribution in [0.2, 0.25) is 0 Å². The van der Waals surface area contributed by atoms with Crippen molar-refractivity contribution >= 4 is 5.91 Å². The van der Waals surface area contributed by atoms with E-state index in [4.69, 9.17) is 0 Å². The lowest BCUT2D eigenvalue weighted by molar-refractivity contribution is -0.130. The summed E-state index contributed by atoms with van der Waals surface area (Å²) in [4.78, 5) is 16.9. The first kappa shape index (κ1) is 13.4. The van der Waals surface area contributed by atoms with E-state index in [9.17, 15) is 4.79 Å². The topological polar surface area (TPSA) is 35.6 Å². The molecule has 19 heavy (non-hydrogen) atoms. The molecular formula is C15H27N3O. The van der Waals surface area contributed by atoms with Gasteiger partial charge in [-0.05, 0) is 57.7 Å². The quantitative estimate of drug-likeness (QED) is 0.808. The van der Waals surface area contributed by atoms with Gasteiger partial charge in [0.25, 0.3) is 0 Å². The minimum atomic E-state index is 0.128. The standard InChI is InChI=1S/C15H27N3O/c1-2-17-8-5-12(6-9-17)11-18-10-7-14(15(18)19)16-13-3-4-13/h12-14,16H,2-11H2,1H3. The van der Waals surface area contributed by atoms with Gasteiger partial charge < -0.3 is 15.1 Å². The molecule has 0 aromatic carbocycles. The fourth-order valence-corrected chi connectivity index (χ4v) is 3.41. The Balaban J connectivity index is 1.44. The summed E-state index contributed by atoms with van der Waals surface area (Å²) >= 11 is 0. The lowest BCUT2D eigenvalue weighted by Crippen LogP contribution is -2.42. The molecule has 0 aromatic heterocycles. The Morgan fingerprint density at radius 2 is 1.84 bits per heavy atom. The number of hydrogen-bond donors (Lipinski definition) is 1. The van der Waals surface area contributed by atoms with E-state index in [-0.39, 0.29) is 6.04 Å². The fourth-order valence-electron chi connectivity index (χ4n) is 3.41. The summed E-state index contributed by atoms with van der Waals surface area (Å²) in [6, 6.07) is 0.768. The maximum atomic E-state index is 12.3. The van der Waals surface area contributed by atoms with Crippen LogP contribution in [-0.2, 0) is 4.79 Å². The van der Waals surface area contributed by atoms with E-state index in [1.807, 2.05) is 0 Å². The monoisotopic (exact) mass is 265 g/mol. The highest BCUT2D eigenvalue weighted by Crippen LogP contribution is 2.24. The second-order valence-corrected chi connectivity index (χ2v) is 6.44. The molecule has 1 saturated carbocycles. The minimum absolute atomic E-state index is 0.128. The van der Waals surface area contributed by atoms with Crippen LogP contribution >= 0.6 is 0 Å². The van der Waals surface area contributed by atoms with Gasteiger partial charge in [-0.25, -0.2) is 0 Å². The number of amides is 1. The molecule has 2 aliphatic heterocycles. The summed E-state index contributed by atoms with van der Waals surface area (Å²) in [7, 11) is 0. The zero-order chi connectivity index (χ0) is 13.2. The van der Waals surface area contributed by atoms with Crippen LogP contribution in [-0.4, -0.2) is 60.5 Å². The van der Waals surface area contributed by atoms with Crippen LogP contribution < -0.4 is 5.32 Å². The number of carbonyl (C=O) groups is 1. The average Bonchev–Trinajstić information content (AvgIpc) is 3.19. The van der Waals surface area contributed by atoms with Crippen molar-refractivity contribution in [2.75, 3.05) is 32.7 Å². The van der Waals surface area contributed by atoms with Gasteiger partial charge in [-0.3, -0.25) is 4.79 Å². The predicted molar refractivity (Wildman–Crippen MR) is 76.0 cm³/mol. The van der Waals surface area contributed by atoms with Crippen LogP contribution in [0.4, 0.5) is 0 Å². The van der Waals surface area contributed by atoms with Crippen LogP contribution in [0.25, 0.3) is 0 Å². The van der Waals surface area contributed by atoms with Crippen molar-refractivity contribution in [3.63, 3.8) is 0 Å². The molecule has 0 bridgehead atoms. The van der Waals surface area contributed by atoms with Crippen LogP contribution in [0.5, 0.6) is 0 Å². The zero-order valence-electron chi connectivity index (χ0n) is 12.1. The molecule has 1 atom stereocenters. The maximum absolute atomic E-state index is 12.3. The molecule has 3 fully saturated rings. The third kappa shape index (κ3) is 3.29. The molecule has 0 aromatic rings. The Bertz CT molecular complexity index is 321. The number of nitrogens with one attached hydrogen (secondary N) is 1. The average molecular weight is 265 g/mol. The van der Waals surface area contributed by atoms with Gasteiger partial charge in [-0.15, -0.1) is 0 Å². The second-order valence-electron chi connectivity index (χ2n) is 6.44. The van der Waals surface area contributed by atoms with E-state index in [0.717, 1.165) is 25.4 Å². The van der Waals surface area contributed by atoms with E-state index in [0.29, 0.717) is 11.9 Å². The van der Waals surface area contributed by atoms with Gasteiger partial charge in [-0.2, -0.15) is 0 Å². The third-order valence-electron chi connectivity index (χ3n) is 4.94. The highest BCUT2D eigenvalue weighted by Gasteiger charge is 2.36. The SMILES string of the molecule is CCN1CCC(CN2CCC(NC3CC3)C2=O)CC1. The molecule has 2 heterocycles. The first-order valence-electron chi connectivity index (χ1n) is 8.03. The fraction of sp³-hybridized carbons (Fsp3) is 0.933. The molecule has 3 rings (SSSR count). The molecule has 1 N–H and O–H groups in total. The Morgan fingerprint density at radius 3 is 2.47 bits per heavy atom. The molecule has 2 saturated heterocycles. The Hall–Kier alpha value is -0.610. The van der Waals surface area contributed by atoms with Crippen molar-refractivity contribution in [2.45, 2.75) is 51.1 Å². The van der Waals surface area contributed by atoms with Gasteiger partial charge in [0.15, 0.2) is 0 Å². The molecule has 108 valence electrons. The van der Waals surface area contributed by atoms with Crippen molar-refractivity contribution in [1.29, 1.82) is 0 Å². The van der Waals surface area contributed by atoms with Gasteiger partial charge >= 0.3 is 0 Å². The van der Waals surface area contributed by atoms with Crippen molar-refractivity contribution < 1.29 is 4.79 Å². The predicted octanol–water partition coefficient (Wildman–Crippen LogP) is 1.07. The molecule has 0 spiro atoms. The van der Waals surface area contributed by atoms with Crippen LogP contribution in [0.3, 0.4) is 0 Å². The number of likely N-dealkylation sites (tertiary alicyclic amines) is 2. The molecule has 1 aliphatic carbocycles. The van der Waals surface area contributed by atoms with Crippen LogP contribution in [0.1, 0.15) is 39.0 Å². The van der Waals surface area contributed by atoms with E-state index in [1.165, 1.54) is 45.3 Å². The van der Waals surface area contributed by atoms with Gasteiger partial charge in [0, 0.05) is 19.1 Å². The molecule has 4 heteroatoms. The first-order chi connectivity index (χ1) is 9.26. The van der Waals surface area contributed by atoms with Crippen molar-refractivity contribution in [3.8, 4) is 0 Å².